The molecule has 6 rings (SSSR count). The van der Waals surface area contributed by atoms with Crippen molar-refractivity contribution in [2.45, 2.75) is 72.1 Å². The van der Waals surface area contributed by atoms with Crippen molar-refractivity contribution in [1.82, 2.24) is 19.9 Å². The summed E-state index contributed by atoms with van der Waals surface area (Å²) in [6.07, 6.45) is 3.78. The SMILES string of the molecule is C=Cc1c(C)c2cc3nc(c4c5[n-]c(cc6nc(cc1[n-]2)C(C)=C6CC)c(C)c5C(=O)C4)C(CCC(=O)OC)C3C.[Cd+2]. The molecule has 0 saturated heterocycles. The van der Waals surface area contributed by atoms with Crippen LogP contribution in [-0.4, -0.2) is 28.8 Å². The summed E-state index contributed by atoms with van der Waals surface area (Å²) in [5.74, 6) is -0.233. The number of aromatic nitrogens is 4. The van der Waals surface area contributed by atoms with Gasteiger partial charge in [0.1, 0.15) is 0 Å². The molecule has 0 amide bonds. The molecule has 8 heteroatoms. The van der Waals surface area contributed by atoms with Gasteiger partial charge in [0.15, 0.2) is 5.78 Å². The van der Waals surface area contributed by atoms with Crippen LogP contribution in [0.15, 0.2) is 24.8 Å². The molecule has 2 aliphatic heterocycles. The molecule has 3 aliphatic rings. The summed E-state index contributed by atoms with van der Waals surface area (Å²) in [5.41, 5.74) is 13.3. The van der Waals surface area contributed by atoms with Gasteiger partial charge in [0.2, 0.25) is 0 Å². The van der Waals surface area contributed by atoms with Crippen molar-refractivity contribution in [1.29, 1.82) is 0 Å². The molecule has 210 valence electrons. The van der Waals surface area contributed by atoms with Gasteiger partial charge in [-0.1, -0.05) is 55.8 Å². The number of carbonyl (C=O) groups excluding carboxylic acids is 2. The molecular weight excluding hydrogens is 625 g/mol. The zero-order valence-electron chi connectivity index (χ0n) is 25.2. The molecule has 7 nitrogen and oxygen atoms in total. The molecule has 3 aromatic heterocycles. The number of hydrogen-bond donors (Lipinski definition) is 0. The summed E-state index contributed by atoms with van der Waals surface area (Å²) in [7, 11) is 1.41. The van der Waals surface area contributed by atoms with Crippen LogP contribution in [0.1, 0.15) is 107 Å². The maximum absolute atomic E-state index is 13.4. The van der Waals surface area contributed by atoms with Gasteiger partial charge in [0.05, 0.1) is 18.5 Å². The Labute approximate surface area is 266 Å². The molecule has 0 saturated carbocycles. The molecule has 3 aromatic rings. The third kappa shape index (κ3) is 4.69. The maximum Gasteiger partial charge on any atom is 2.00 e. The fraction of sp³-hybridized carbons (Fsp3) is 0.353. The number of rotatable bonds is 5. The van der Waals surface area contributed by atoms with Gasteiger partial charge in [-0.2, -0.15) is 0 Å². The minimum atomic E-state index is -0.257. The molecule has 1 aliphatic carbocycles. The Morgan fingerprint density at radius 3 is 2.48 bits per heavy atom. The van der Waals surface area contributed by atoms with Crippen molar-refractivity contribution in [3.05, 3.63) is 75.4 Å². The van der Waals surface area contributed by atoms with E-state index in [1.165, 1.54) is 7.11 Å². The van der Waals surface area contributed by atoms with Crippen LogP contribution in [-0.2, 0) is 43.3 Å². The number of nitrogens with zero attached hydrogens (tertiary/aromatic N) is 4. The average Bonchev–Trinajstić information content (AvgIpc) is 3.70. The molecule has 5 heterocycles. The van der Waals surface area contributed by atoms with Crippen LogP contribution in [0.25, 0.3) is 39.3 Å². The van der Waals surface area contributed by atoms with Crippen molar-refractivity contribution in [3.8, 4) is 0 Å². The van der Waals surface area contributed by atoms with Crippen LogP contribution < -0.4 is 9.97 Å². The quantitative estimate of drug-likeness (QED) is 0.221. The third-order valence-electron chi connectivity index (χ3n) is 9.08. The number of ketones is 1. The molecular formula is C34H34CdN4O3. The maximum atomic E-state index is 13.4. The van der Waals surface area contributed by atoms with Gasteiger partial charge in [-0.3, -0.25) is 14.6 Å². The van der Waals surface area contributed by atoms with Crippen LogP contribution in [0.4, 0.5) is 0 Å². The Kier molecular flexibility index (Phi) is 8.17. The second-order valence-corrected chi connectivity index (χ2v) is 11.3. The topological polar surface area (TPSA) is 97.4 Å². The number of hydrogen-bond acceptors (Lipinski definition) is 5. The minimum Gasteiger partial charge on any atom is -0.657 e. The van der Waals surface area contributed by atoms with Gasteiger partial charge in [0.25, 0.3) is 0 Å². The number of allylic oxidation sites excluding steroid dienone is 2. The number of aryl methyl sites for hydroxylation is 2. The Hall–Kier alpha value is -3.34. The zero-order valence-corrected chi connectivity index (χ0v) is 29.3. The van der Waals surface area contributed by atoms with Crippen LogP contribution in [0.5, 0.6) is 0 Å². The summed E-state index contributed by atoms with van der Waals surface area (Å²) in [5, 5.41) is 0. The Balaban J connectivity index is 0.00000353. The van der Waals surface area contributed by atoms with Crippen LogP contribution in [0.3, 0.4) is 0 Å². The molecule has 0 N–H and O–H groups in total. The molecule has 0 radical (unpaired) electrons. The van der Waals surface area contributed by atoms with Crippen LogP contribution >= 0.6 is 0 Å². The number of methoxy groups -OCH3 is 1. The van der Waals surface area contributed by atoms with Crippen molar-refractivity contribution in [3.63, 3.8) is 0 Å². The van der Waals surface area contributed by atoms with E-state index in [-0.39, 0.29) is 63.7 Å². The summed E-state index contributed by atoms with van der Waals surface area (Å²) in [4.78, 5) is 45.8. The molecule has 0 aromatic carbocycles. The number of esters is 1. The third-order valence-corrected chi connectivity index (χ3v) is 9.08. The van der Waals surface area contributed by atoms with E-state index in [2.05, 4.69) is 34.3 Å². The summed E-state index contributed by atoms with van der Waals surface area (Å²) in [6.45, 7) is 14.4. The minimum absolute atomic E-state index is 0. The molecule has 0 spiro atoms. The van der Waals surface area contributed by atoms with E-state index in [9.17, 15) is 9.59 Å². The summed E-state index contributed by atoms with van der Waals surface area (Å²) >= 11 is 0. The fourth-order valence-electron chi connectivity index (χ4n) is 6.64. The Morgan fingerprint density at radius 2 is 1.79 bits per heavy atom. The predicted molar refractivity (Wildman–Crippen MR) is 162 cm³/mol. The van der Waals surface area contributed by atoms with Gasteiger partial charge in [0, 0.05) is 41.6 Å². The zero-order chi connectivity index (χ0) is 29.2. The van der Waals surface area contributed by atoms with Crippen molar-refractivity contribution in [2.75, 3.05) is 7.11 Å². The number of carbonyl (C=O) groups is 2. The van der Waals surface area contributed by atoms with Crippen molar-refractivity contribution < 1.29 is 41.6 Å². The summed E-state index contributed by atoms with van der Waals surface area (Å²) in [6, 6.07) is 6.09. The molecule has 42 heavy (non-hydrogen) atoms. The largest absolute Gasteiger partial charge is 2.00 e. The van der Waals surface area contributed by atoms with E-state index in [1.807, 2.05) is 31.2 Å². The average molecular weight is 659 g/mol. The van der Waals surface area contributed by atoms with E-state index >= 15 is 0 Å². The smallest absolute Gasteiger partial charge is 0.657 e. The number of Topliss-reactive ketones (excluding diaryl/α,β-unsaturated/α-hetero) is 1. The van der Waals surface area contributed by atoms with Crippen LogP contribution in [0, 0.1) is 13.8 Å². The van der Waals surface area contributed by atoms with E-state index in [0.717, 1.165) is 79.1 Å². The first-order chi connectivity index (χ1) is 19.7. The second kappa shape index (κ2) is 11.4. The number of ether oxygens (including phenoxy) is 1. The van der Waals surface area contributed by atoms with Gasteiger partial charge < -0.3 is 14.7 Å². The van der Waals surface area contributed by atoms with E-state index < -0.39 is 0 Å². The van der Waals surface area contributed by atoms with Gasteiger partial charge in [-0.05, 0) is 55.9 Å². The normalized spacial score (nSPS) is 17.4. The molecule has 8 bridgehead atoms. The second-order valence-electron chi connectivity index (χ2n) is 11.3. The molecule has 2 unspecified atom stereocenters. The first-order valence-electron chi connectivity index (χ1n) is 14.3. The standard InChI is InChI=1S/C34H35N4O3.Cd/c1-8-20-16(3)24-13-26-18(5)22(10-11-31(40)41-7)33(37-26)23-12-30(39)32-19(6)27(38-34(23)32)15-29-21(9-2)17(4)25(36-29)14-28(20)35-24;/h8,13-15,18,22H,1,9-12H2,2-7H3,(H-,35,36,37,38,39);/q-1;+2/p-1. The molecule has 2 atom stereocenters. The first kappa shape index (κ1) is 30.1. The van der Waals surface area contributed by atoms with E-state index in [4.69, 9.17) is 24.7 Å². The van der Waals surface area contributed by atoms with Crippen molar-refractivity contribution >= 4 is 51.0 Å². The van der Waals surface area contributed by atoms with Crippen molar-refractivity contribution in [2.24, 2.45) is 0 Å². The first-order valence-corrected chi connectivity index (χ1v) is 14.3. The molecule has 0 fully saturated rings. The Morgan fingerprint density at radius 1 is 1.07 bits per heavy atom. The van der Waals surface area contributed by atoms with Crippen LogP contribution in [0.2, 0.25) is 0 Å². The predicted octanol–water partition coefficient (Wildman–Crippen LogP) is 6.75. The van der Waals surface area contributed by atoms with Gasteiger partial charge in [-0.25, -0.2) is 4.98 Å². The van der Waals surface area contributed by atoms with E-state index in [0.29, 0.717) is 17.5 Å². The fourth-order valence-corrected chi connectivity index (χ4v) is 6.64. The Bertz CT molecular complexity index is 1860. The summed E-state index contributed by atoms with van der Waals surface area (Å²) < 4.78 is 4.95. The van der Waals surface area contributed by atoms with E-state index in [1.54, 1.807) is 0 Å². The van der Waals surface area contributed by atoms with Gasteiger partial charge >= 0.3 is 33.3 Å². The monoisotopic (exact) mass is 660 g/mol. The van der Waals surface area contributed by atoms with Gasteiger partial charge in [-0.15, -0.1) is 22.1 Å². The number of fused-ring (bicyclic) bond motifs is 8.